The molecule has 62 valence electrons. The third-order valence-electron chi connectivity index (χ3n) is 0.832. The molecule has 0 aromatic carbocycles. The topological polar surface area (TPSA) is 55.1 Å². The summed E-state index contributed by atoms with van der Waals surface area (Å²) in [5.41, 5.74) is 4.94. The maximum Gasteiger partial charge on any atom is 0.256 e. The molecule has 0 bridgehead atoms. The average Bonchev–Trinajstić information content (AvgIpc) is 2.02. The predicted octanol–water partition coefficient (Wildman–Crippen LogP) is 0.355. The summed E-state index contributed by atoms with van der Waals surface area (Å²) in [6, 6.07) is 0. The maximum absolute atomic E-state index is 12.3. The number of nitrogens with two attached hydrogens (primary N) is 1. The lowest BCUT2D eigenvalue weighted by atomic mass is 10.5. The summed E-state index contributed by atoms with van der Waals surface area (Å²) in [5, 5.41) is 1.78. The minimum Gasteiger partial charge on any atom is -0.383 e. The van der Waals surface area contributed by atoms with Gasteiger partial charge in [-0.05, 0) is 6.08 Å². The molecule has 3 nitrogen and oxygen atoms in total. The minimum atomic E-state index is -1.23. The van der Waals surface area contributed by atoms with Crippen LogP contribution in [0.5, 0.6) is 0 Å². The Hall–Kier alpha value is -1.39. The second kappa shape index (κ2) is 4.43. The van der Waals surface area contributed by atoms with E-state index in [-0.39, 0.29) is 0 Å². The Morgan fingerprint density at radius 3 is 2.64 bits per heavy atom. The fourth-order valence-electron chi connectivity index (χ4n) is 0.353. The van der Waals surface area contributed by atoms with Crippen molar-refractivity contribution in [3.63, 3.8) is 0 Å². The summed E-state index contributed by atoms with van der Waals surface area (Å²) in [6.45, 7) is 1.83. The smallest absolute Gasteiger partial charge is 0.256 e. The highest BCUT2D eigenvalue weighted by Crippen LogP contribution is 1.97. The van der Waals surface area contributed by atoms with Crippen molar-refractivity contribution < 1.29 is 13.6 Å². The van der Waals surface area contributed by atoms with Gasteiger partial charge in [-0.1, -0.05) is 6.58 Å². The van der Waals surface area contributed by atoms with Gasteiger partial charge in [0, 0.05) is 0 Å². The number of nitrogens with one attached hydrogen (secondary N) is 1. The van der Waals surface area contributed by atoms with E-state index in [1.54, 1.807) is 5.32 Å². The molecule has 5 heteroatoms. The molecular weight excluding hydrogens is 154 g/mol. The molecular formula is C6H8F2N2O. The number of carbonyl (C=O) groups excluding carboxylic acids is 1. The van der Waals surface area contributed by atoms with Gasteiger partial charge < -0.3 is 11.1 Å². The van der Waals surface area contributed by atoms with E-state index in [4.69, 9.17) is 5.73 Å². The second-order valence-corrected chi connectivity index (χ2v) is 1.65. The quantitative estimate of drug-likeness (QED) is 0.588. The molecule has 0 aliphatic rings. The van der Waals surface area contributed by atoms with E-state index in [1.165, 1.54) is 0 Å². The lowest BCUT2D eigenvalue weighted by molar-refractivity contribution is -0.121. The lowest BCUT2D eigenvalue weighted by Gasteiger charge is -2.00. The molecule has 0 rings (SSSR count). The zero-order valence-corrected chi connectivity index (χ0v) is 5.73. The van der Waals surface area contributed by atoms with Crippen LogP contribution in [0.15, 0.2) is 24.3 Å². The van der Waals surface area contributed by atoms with Crippen LogP contribution in [0.1, 0.15) is 0 Å². The molecule has 3 N–H and O–H groups in total. The van der Waals surface area contributed by atoms with Gasteiger partial charge in [0.25, 0.3) is 5.91 Å². The maximum atomic E-state index is 12.3. The van der Waals surface area contributed by atoms with Gasteiger partial charge in [-0.2, -0.15) is 0 Å². The van der Waals surface area contributed by atoms with Crippen LogP contribution in [0.25, 0.3) is 0 Å². The first-order valence-corrected chi connectivity index (χ1v) is 2.75. The predicted molar refractivity (Wildman–Crippen MR) is 36.6 cm³/mol. The molecule has 0 aromatic rings. The first-order valence-electron chi connectivity index (χ1n) is 2.75. The summed E-state index contributed by atoms with van der Waals surface area (Å²) >= 11 is 0. The van der Waals surface area contributed by atoms with E-state index in [0.717, 1.165) is 6.08 Å². The highest BCUT2D eigenvalue weighted by molar-refractivity contribution is 5.78. The molecule has 0 spiro atoms. The summed E-state index contributed by atoms with van der Waals surface area (Å²) < 4.78 is 23.8. The zero-order valence-electron chi connectivity index (χ0n) is 5.73. The lowest BCUT2D eigenvalue weighted by Crippen LogP contribution is -2.29. The highest BCUT2D eigenvalue weighted by atomic mass is 19.1. The van der Waals surface area contributed by atoms with E-state index in [1.807, 2.05) is 0 Å². The average molecular weight is 162 g/mol. The first kappa shape index (κ1) is 9.61. The molecule has 0 radical (unpaired) electrons. The Balaban J connectivity index is 4.16. The van der Waals surface area contributed by atoms with Gasteiger partial charge >= 0.3 is 0 Å². The van der Waals surface area contributed by atoms with Crippen LogP contribution in [0.4, 0.5) is 8.78 Å². The van der Waals surface area contributed by atoms with Crippen molar-refractivity contribution in [2.75, 3.05) is 6.67 Å². The molecule has 11 heavy (non-hydrogen) atoms. The van der Waals surface area contributed by atoms with Gasteiger partial charge in [0.1, 0.15) is 5.82 Å². The third-order valence-corrected chi connectivity index (χ3v) is 0.832. The van der Waals surface area contributed by atoms with Gasteiger partial charge in [-0.3, -0.25) is 4.79 Å². The monoisotopic (exact) mass is 162 g/mol. The molecule has 0 saturated carbocycles. The molecule has 0 atom stereocenters. The van der Waals surface area contributed by atoms with E-state index in [0.29, 0.717) is 0 Å². The molecule has 1 amide bonds. The van der Waals surface area contributed by atoms with Gasteiger partial charge in [0.2, 0.25) is 0 Å². The van der Waals surface area contributed by atoms with Crippen LogP contribution in [-0.4, -0.2) is 12.6 Å². The van der Waals surface area contributed by atoms with E-state index < -0.39 is 24.2 Å². The van der Waals surface area contributed by atoms with Crippen LogP contribution in [0.3, 0.4) is 0 Å². The molecule has 0 unspecified atom stereocenters. The number of carbonyl (C=O) groups is 1. The van der Waals surface area contributed by atoms with E-state index >= 15 is 0 Å². The number of hydrogen-bond acceptors (Lipinski definition) is 2. The first-order chi connectivity index (χ1) is 5.11. The van der Waals surface area contributed by atoms with Crippen LogP contribution >= 0.6 is 0 Å². The number of hydrogen-bond donors (Lipinski definition) is 2. The van der Waals surface area contributed by atoms with Crippen LogP contribution < -0.4 is 11.1 Å². The normalized spacial score (nSPS) is 11.8. The van der Waals surface area contributed by atoms with Crippen molar-refractivity contribution in [1.82, 2.24) is 5.32 Å². The minimum absolute atomic E-state index is 0.525. The Bertz CT molecular complexity index is 201. The number of allylic oxidation sites excluding steroid dienone is 2. The second-order valence-electron chi connectivity index (χ2n) is 1.65. The molecule has 0 aliphatic heterocycles. The molecule has 0 saturated heterocycles. The zero-order chi connectivity index (χ0) is 8.85. The number of amides is 1. The number of halogens is 2. The SMILES string of the molecule is C=C/C(F)=C(\N)NC(=O)CF. The molecule has 0 aromatic heterocycles. The fourth-order valence-corrected chi connectivity index (χ4v) is 0.353. The Morgan fingerprint density at radius 1 is 1.73 bits per heavy atom. The van der Waals surface area contributed by atoms with Gasteiger partial charge in [-0.25, -0.2) is 8.78 Å². The molecule has 0 aliphatic carbocycles. The van der Waals surface area contributed by atoms with Crippen molar-refractivity contribution in [1.29, 1.82) is 0 Å². The third kappa shape index (κ3) is 3.34. The van der Waals surface area contributed by atoms with Gasteiger partial charge in [-0.15, -0.1) is 0 Å². The van der Waals surface area contributed by atoms with E-state index in [9.17, 15) is 13.6 Å². The van der Waals surface area contributed by atoms with Crippen molar-refractivity contribution in [2.45, 2.75) is 0 Å². The highest BCUT2D eigenvalue weighted by Gasteiger charge is 2.03. The summed E-state index contributed by atoms with van der Waals surface area (Å²) in [6.07, 6.45) is 0.813. The van der Waals surface area contributed by atoms with Crippen molar-refractivity contribution in [2.24, 2.45) is 5.73 Å². The standard InChI is InChI=1S/C6H8F2N2O/c1-2-4(8)6(9)10-5(11)3-7/h2H,1,3,9H2,(H,10,11)/b6-4-. The van der Waals surface area contributed by atoms with Crippen molar-refractivity contribution >= 4 is 5.91 Å². The van der Waals surface area contributed by atoms with Crippen LogP contribution in [0, 0.1) is 0 Å². The molecule has 0 fully saturated rings. The van der Waals surface area contributed by atoms with Gasteiger partial charge in [0.15, 0.2) is 12.5 Å². The van der Waals surface area contributed by atoms with Crippen LogP contribution in [-0.2, 0) is 4.79 Å². The van der Waals surface area contributed by atoms with Gasteiger partial charge in [0.05, 0.1) is 0 Å². The Labute approximate surface area is 62.6 Å². The van der Waals surface area contributed by atoms with Crippen molar-refractivity contribution in [3.05, 3.63) is 24.3 Å². The largest absolute Gasteiger partial charge is 0.383 e. The molecule has 0 heterocycles. The summed E-state index contributed by atoms with van der Waals surface area (Å²) in [4.78, 5) is 10.2. The fraction of sp³-hybridized carbons (Fsp3) is 0.167. The summed E-state index contributed by atoms with van der Waals surface area (Å²) in [5.74, 6) is -2.39. The van der Waals surface area contributed by atoms with Crippen molar-refractivity contribution in [3.8, 4) is 0 Å². The Morgan fingerprint density at radius 2 is 2.27 bits per heavy atom. The summed E-state index contributed by atoms with van der Waals surface area (Å²) in [7, 11) is 0. The Kier molecular flexibility index (Phi) is 3.87. The van der Waals surface area contributed by atoms with Crippen LogP contribution in [0.2, 0.25) is 0 Å². The number of alkyl halides is 1. The van der Waals surface area contributed by atoms with E-state index in [2.05, 4.69) is 6.58 Å². The number of rotatable bonds is 3.